The fourth-order valence-corrected chi connectivity index (χ4v) is 3.38. The summed E-state index contributed by atoms with van der Waals surface area (Å²) in [4.78, 5) is 0. The predicted molar refractivity (Wildman–Crippen MR) is 83.9 cm³/mol. The lowest BCUT2D eigenvalue weighted by Crippen LogP contribution is -1.72. The van der Waals surface area contributed by atoms with E-state index in [0.717, 1.165) is 31.8 Å². The molecule has 4 rings (SSSR count). The summed E-state index contributed by atoms with van der Waals surface area (Å²) in [5.74, 6) is 0. The van der Waals surface area contributed by atoms with Crippen molar-refractivity contribution in [3.05, 3.63) is 58.0 Å². The molecule has 4 aromatic rings. The molecule has 0 fully saturated rings. The summed E-state index contributed by atoms with van der Waals surface area (Å²) in [5, 5.41) is 5.05. The first-order valence-corrected chi connectivity index (χ1v) is 7.10. The van der Waals surface area contributed by atoms with Crippen LogP contribution in [-0.4, -0.2) is 0 Å². The first kappa shape index (κ1) is 11.3. The lowest BCUT2D eigenvalue weighted by molar-refractivity contribution is 0.673. The van der Waals surface area contributed by atoms with Gasteiger partial charge < -0.3 is 4.42 Å². The minimum absolute atomic E-state index is 0.629. The number of hydrogen-bond acceptors (Lipinski definition) is 1. The Kier molecular flexibility index (Phi) is 2.38. The highest BCUT2D eigenvalue weighted by Gasteiger charge is 2.13. The molecule has 3 aromatic carbocycles. The van der Waals surface area contributed by atoms with Crippen molar-refractivity contribution in [3.63, 3.8) is 0 Å². The van der Waals surface area contributed by atoms with Crippen LogP contribution in [0.15, 0.2) is 57.4 Å². The largest absolute Gasteiger partial charge is 0.454 e. The molecular weight excluding hydrogens is 324 g/mol. The zero-order valence-corrected chi connectivity index (χ0v) is 12.1. The van der Waals surface area contributed by atoms with E-state index in [-0.39, 0.29) is 0 Å². The Labute approximate surface area is 122 Å². The second-order valence-electron chi connectivity index (χ2n) is 4.53. The maximum Gasteiger partial charge on any atom is 0.154 e. The normalized spacial score (nSPS) is 11.7. The molecule has 19 heavy (non-hydrogen) atoms. The van der Waals surface area contributed by atoms with Crippen molar-refractivity contribution in [1.29, 1.82) is 0 Å². The Bertz CT molecular complexity index is 940. The van der Waals surface area contributed by atoms with E-state index < -0.39 is 0 Å². The van der Waals surface area contributed by atoms with Crippen LogP contribution in [0, 0.1) is 0 Å². The van der Waals surface area contributed by atoms with Gasteiger partial charge in [-0.1, -0.05) is 57.9 Å². The summed E-state index contributed by atoms with van der Waals surface area (Å²) in [5.41, 5.74) is 1.64. The summed E-state index contributed by atoms with van der Waals surface area (Å²) in [6, 6.07) is 16.3. The van der Waals surface area contributed by atoms with E-state index in [1.807, 2.05) is 24.3 Å². The molecule has 0 aliphatic heterocycles. The first-order valence-electron chi connectivity index (χ1n) is 5.93. The monoisotopic (exact) mass is 330 g/mol. The Morgan fingerprint density at radius 1 is 0.842 bits per heavy atom. The molecule has 0 aliphatic rings. The molecule has 0 N–H and O–H groups in total. The Hall–Kier alpha value is -1.51. The zero-order valence-electron chi connectivity index (χ0n) is 9.78. The molecule has 0 amide bonds. The molecule has 0 aliphatic carbocycles. The predicted octanol–water partition coefficient (Wildman–Crippen LogP) is 6.16. The Balaban J connectivity index is 2.31. The third-order valence-electron chi connectivity index (χ3n) is 3.38. The maximum atomic E-state index is 6.26. The van der Waals surface area contributed by atoms with Crippen molar-refractivity contribution >= 4 is 60.2 Å². The molecule has 0 saturated heterocycles. The van der Waals surface area contributed by atoms with Crippen LogP contribution >= 0.6 is 27.5 Å². The molecule has 3 heteroatoms. The van der Waals surface area contributed by atoms with Gasteiger partial charge in [-0.3, -0.25) is 0 Å². The van der Waals surface area contributed by atoms with Gasteiger partial charge in [-0.2, -0.15) is 0 Å². The molecule has 92 valence electrons. The van der Waals surface area contributed by atoms with Gasteiger partial charge >= 0.3 is 0 Å². The van der Waals surface area contributed by atoms with Gasteiger partial charge in [0, 0.05) is 20.6 Å². The molecular formula is C16H8BrClO. The second kappa shape index (κ2) is 3.99. The van der Waals surface area contributed by atoms with E-state index >= 15 is 0 Å². The summed E-state index contributed by atoms with van der Waals surface area (Å²) >= 11 is 9.74. The average molecular weight is 332 g/mol. The molecule has 0 spiro atoms. The fourth-order valence-electron chi connectivity index (χ4n) is 2.53. The van der Waals surface area contributed by atoms with Crippen molar-refractivity contribution in [2.75, 3.05) is 0 Å². The van der Waals surface area contributed by atoms with Crippen LogP contribution in [0.1, 0.15) is 0 Å². The molecule has 0 saturated carbocycles. The number of fused-ring (bicyclic) bond motifs is 5. The number of hydrogen-bond donors (Lipinski definition) is 0. The van der Waals surface area contributed by atoms with Crippen LogP contribution < -0.4 is 0 Å². The molecule has 0 atom stereocenters. The Morgan fingerprint density at radius 2 is 1.68 bits per heavy atom. The van der Waals surface area contributed by atoms with Gasteiger partial charge in [0.15, 0.2) is 5.58 Å². The van der Waals surface area contributed by atoms with Gasteiger partial charge in [0.05, 0.1) is 5.02 Å². The second-order valence-corrected chi connectivity index (χ2v) is 5.85. The molecule has 0 radical (unpaired) electrons. The molecule has 0 unspecified atom stereocenters. The van der Waals surface area contributed by atoms with Crippen LogP contribution in [0.5, 0.6) is 0 Å². The van der Waals surface area contributed by atoms with E-state index in [0.29, 0.717) is 5.02 Å². The standard InChI is InChI=1S/C16H8BrClO/c17-10-7-13-12-6-5-9-3-1-2-4-11(9)15(12)19-16(13)14(18)8-10/h1-8H. The van der Waals surface area contributed by atoms with Crippen LogP contribution in [0.4, 0.5) is 0 Å². The van der Waals surface area contributed by atoms with E-state index in [1.165, 1.54) is 5.39 Å². The van der Waals surface area contributed by atoms with Crippen LogP contribution in [0.25, 0.3) is 32.7 Å². The van der Waals surface area contributed by atoms with Gasteiger partial charge in [-0.15, -0.1) is 0 Å². The molecule has 1 aromatic heterocycles. The SMILES string of the molecule is Clc1cc(Br)cc2c1oc1c3ccccc3ccc21. The van der Waals surface area contributed by atoms with Gasteiger partial charge in [-0.25, -0.2) is 0 Å². The number of benzene rings is 3. The van der Waals surface area contributed by atoms with Crippen molar-refractivity contribution in [2.45, 2.75) is 0 Å². The van der Waals surface area contributed by atoms with E-state index in [2.05, 4.69) is 40.2 Å². The highest BCUT2D eigenvalue weighted by molar-refractivity contribution is 9.10. The molecule has 1 heterocycles. The highest BCUT2D eigenvalue weighted by atomic mass is 79.9. The van der Waals surface area contributed by atoms with Gasteiger partial charge in [-0.05, 0) is 23.6 Å². The van der Waals surface area contributed by atoms with E-state index in [1.54, 1.807) is 0 Å². The third kappa shape index (κ3) is 1.60. The maximum absolute atomic E-state index is 6.26. The average Bonchev–Trinajstić information content (AvgIpc) is 2.78. The summed E-state index contributed by atoms with van der Waals surface area (Å²) in [6.07, 6.45) is 0. The van der Waals surface area contributed by atoms with Crippen LogP contribution in [0.3, 0.4) is 0 Å². The molecule has 1 nitrogen and oxygen atoms in total. The third-order valence-corrected chi connectivity index (χ3v) is 4.12. The minimum atomic E-state index is 0.629. The Morgan fingerprint density at radius 3 is 2.58 bits per heavy atom. The topological polar surface area (TPSA) is 13.1 Å². The van der Waals surface area contributed by atoms with Crippen molar-refractivity contribution in [1.82, 2.24) is 0 Å². The van der Waals surface area contributed by atoms with Crippen molar-refractivity contribution < 1.29 is 4.42 Å². The van der Waals surface area contributed by atoms with Crippen molar-refractivity contribution in [3.8, 4) is 0 Å². The number of halogens is 2. The smallest absolute Gasteiger partial charge is 0.154 e. The van der Waals surface area contributed by atoms with Gasteiger partial charge in [0.25, 0.3) is 0 Å². The summed E-state index contributed by atoms with van der Waals surface area (Å²) in [7, 11) is 0. The van der Waals surface area contributed by atoms with E-state index in [4.69, 9.17) is 16.0 Å². The quantitative estimate of drug-likeness (QED) is 0.376. The van der Waals surface area contributed by atoms with Crippen LogP contribution in [0.2, 0.25) is 5.02 Å². The fraction of sp³-hybridized carbons (Fsp3) is 0. The first-order chi connectivity index (χ1) is 9.24. The van der Waals surface area contributed by atoms with Gasteiger partial charge in [0.2, 0.25) is 0 Å². The summed E-state index contributed by atoms with van der Waals surface area (Å²) in [6.45, 7) is 0. The lowest BCUT2D eigenvalue weighted by Gasteiger charge is -1.97. The number of furan rings is 1. The highest BCUT2D eigenvalue weighted by Crippen LogP contribution is 2.38. The van der Waals surface area contributed by atoms with E-state index in [9.17, 15) is 0 Å². The zero-order chi connectivity index (χ0) is 13.0. The minimum Gasteiger partial charge on any atom is -0.454 e. The van der Waals surface area contributed by atoms with Crippen molar-refractivity contribution in [2.24, 2.45) is 0 Å². The number of rotatable bonds is 0. The van der Waals surface area contributed by atoms with Gasteiger partial charge in [0.1, 0.15) is 5.58 Å². The molecule has 0 bridgehead atoms. The summed E-state index contributed by atoms with van der Waals surface area (Å²) < 4.78 is 6.96. The lowest BCUT2D eigenvalue weighted by atomic mass is 10.1. The van der Waals surface area contributed by atoms with Crippen LogP contribution in [-0.2, 0) is 0 Å².